The molecule has 0 amide bonds. The average Bonchev–Trinajstić information content (AvgIpc) is 2.62. The predicted molar refractivity (Wildman–Crippen MR) is 96.2 cm³/mol. The van der Waals surface area contributed by atoms with Crippen LogP contribution >= 0.6 is 11.6 Å². The standard InChI is InChI=1S/C17H21ClF2N4O2/c1-11(12-5-3-2-4-6-12)23-8-7-13(9-14(23)17(19)20)22-16(18)15(10-21)24(25)26/h2-6,10-11,13-14,17,21-22H,7-9H2,1H3/b16-15+,21-10?. The Morgan fingerprint density at radius 2 is 2.12 bits per heavy atom. The molecule has 0 radical (unpaired) electrons. The number of hydrogen-bond acceptors (Lipinski definition) is 5. The summed E-state index contributed by atoms with van der Waals surface area (Å²) in [6.07, 6.45) is -1.40. The maximum absolute atomic E-state index is 13.7. The lowest BCUT2D eigenvalue weighted by Gasteiger charge is -2.42. The van der Waals surface area contributed by atoms with Crippen molar-refractivity contribution in [2.24, 2.45) is 0 Å². The van der Waals surface area contributed by atoms with Gasteiger partial charge in [-0.05, 0) is 25.3 Å². The number of allylic oxidation sites excluding steroid dienone is 1. The van der Waals surface area contributed by atoms with Crippen molar-refractivity contribution in [2.75, 3.05) is 6.54 Å². The Balaban J connectivity index is 2.13. The van der Waals surface area contributed by atoms with Crippen LogP contribution in [0.25, 0.3) is 0 Å². The third-order valence-electron chi connectivity index (χ3n) is 4.65. The van der Waals surface area contributed by atoms with Crippen molar-refractivity contribution in [3.8, 4) is 0 Å². The van der Waals surface area contributed by atoms with E-state index in [4.69, 9.17) is 17.0 Å². The summed E-state index contributed by atoms with van der Waals surface area (Å²) in [6.45, 7) is 2.30. The minimum atomic E-state index is -2.55. The van der Waals surface area contributed by atoms with Crippen LogP contribution in [0.5, 0.6) is 0 Å². The van der Waals surface area contributed by atoms with E-state index >= 15 is 0 Å². The first-order valence-corrected chi connectivity index (χ1v) is 8.63. The lowest BCUT2D eigenvalue weighted by Crippen LogP contribution is -2.52. The average molecular weight is 387 g/mol. The van der Waals surface area contributed by atoms with Crippen LogP contribution in [0.3, 0.4) is 0 Å². The largest absolute Gasteiger partial charge is 0.367 e. The number of alkyl halides is 2. The number of benzene rings is 1. The monoisotopic (exact) mass is 386 g/mol. The van der Waals surface area contributed by atoms with E-state index < -0.39 is 29.1 Å². The molecule has 0 aliphatic carbocycles. The molecule has 0 saturated carbocycles. The van der Waals surface area contributed by atoms with Crippen molar-refractivity contribution < 1.29 is 13.7 Å². The molecular weight excluding hydrogens is 366 g/mol. The van der Waals surface area contributed by atoms with Gasteiger partial charge in [0.1, 0.15) is 0 Å². The Hall–Kier alpha value is -2.06. The highest BCUT2D eigenvalue weighted by Gasteiger charge is 2.37. The third kappa shape index (κ3) is 4.76. The summed E-state index contributed by atoms with van der Waals surface area (Å²) in [4.78, 5) is 11.8. The normalized spacial score (nSPS) is 23.3. The van der Waals surface area contributed by atoms with E-state index in [1.165, 1.54) is 0 Å². The summed E-state index contributed by atoms with van der Waals surface area (Å²) < 4.78 is 27.3. The molecule has 0 spiro atoms. The summed E-state index contributed by atoms with van der Waals surface area (Å²) in [5.41, 5.74) is 0.377. The number of rotatable bonds is 7. The second-order valence-corrected chi connectivity index (χ2v) is 6.57. The van der Waals surface area contributed by atoms with Gasteiger partial charge in [0.05, 0.1) is 17.2 Å². The highest BCUT2D eigenvalue weighted by molar-refractivity contribution is 6.30. The minimum absolute atomic E-state index is 0.105. The van der Waals surface area contributed by atoms with E-state index in [1.54, 1.807) is 4.90 Å². The fourth-order valence-electron chi connectivity index (χ4n) is 3.25. The maximum atomic E-state index is 13.7. The molecule has 3 atom stereocenters. The zero-order valence-corrected chi connectivity index (χ0v) is 15.0. The number of hydrogen-bond donors (Lipinski definition) is 2. The van der Waals surface area contributed by atoms with Crippen LogP contribution in [0.15, 0.2) is 41.2 Å². The molecule has 0 bridgehead atoms. The molecule has 1 fully saturated rings. The molecule has 0 aromatic heterocycles. The van der Waals surface area contributed by atoms with Crippen LogP contribution in [0, 0.1) is 15.5 Å². The second kappa shape index (κ2) is 9.05. The van der Waals surface area contributed by atoms with Gasteiger partial charge in [-0.2, -0.15) is 0 Å². The second-order valence-electron chi connectivity index (χ2n) is 6.19. The van der Waals surface area contributed by atoms with Gasteiger partial charge in [0.2, 0.25) is 0 Å². The van der Waals surface area contributed by atoms with Gasteiger partial charge in [-0.15, -0.1) is 0 Å². The molecule has 2 rings (SSSR count). The van der Waals surface area contributed by atoms with Crippen LogP contribution in [0.4, 0.5) is 8.78 Å². The van der Waals surface area contributed by atoms with E-state index in [-0.39, 0.29) is 17.6 Å². The molecular formula is C17H21ClF2N4O2. The van der Waals surface area contributed by atoms with Gasteiger partial charge >= 0.3 is 5.70 Å². The van der Waals surface area contributed by atoms with Gasteiger partial charge in [-0.1, -0.05) is 41.9 Å². The van der Waals surface area contributed by atoms with E-state index in [9.17, 15) is 18.9 Å². The molecule has 1 aliphatic heterocycles. The highest BCUT2D eigenvalue weighted by Crippen LogP contribution is 2.32. The van der Waals surface area contributed by atoms with Crippen molar-refractivity contribution in [3.63, 3.8) is 0 Å². The van der Waals surface area contributed by atoms with Crippen molar-refractivity contribution in [2.45, 2.75) is 44.3 Å². The number of piperidine rings is 1. The summed E-state index contributed by atoms with van der Waals surface area (Å²) >= 11 is 5.87. The quantitative estimate of drug-likeness (QED) is 0.323. The zero-order chi connectivity index (χ0) is 19.3. The van der Waals surface area contributed by atoms with Crippen molar-refractivity contribution in [1.82, 2.24) is 10.2 Å². The first kappa shape index (κ1) is 20.3. The maximum Gasteiger partial charge on any atom is 0.321 e. The Kier molecular flexibility index (Phi) is 7.05. The first-order chi connectivity index (χ1) is 12.3. The van der Waals surface area contributed by atoms with Crippen LogP contribution in [-0.4, -0.2) is 41.1 Å². The summed E-state index contributed by atoms with van der Waals surface area (Å²) in [6, 6.07) is 7.86. The molecule has 1 aliphatic rings. The highest BCUT2D eigenvalue weighted by atomic mass is 35.5. The molecule has 3 unspecified atom stereocenters. The number of nitrogens with one attached hydrogen (secondary N) is 2. The van der Waals surface area contributed by atoms with Crippen LogP contribution < -0.4 is 5.32 Å². The number of halogens is 3. The summed E-state index contributed by atoms with van der Waals surface area (Å²) in [7, 11) is 0. The predicted octanol–water partition coefficient (Wildman–Crippen LogP) is 3.77. The molecule has 6 nitrogen and oxygen atoms in total. The molecule has 142 valence electrons. The van der Waals surface area contributed by atoms with Gasteiger partial charge in [0.15, 0.2) is 5.16 Å². The molecule has 1 saturated heterocycles. The van der Waals surface area contributed by atoms with Gasteiger partial charge in [-0.3, -0.25) is 15.0 Å². The number of nitrogens with zero attached hydrogens (tertiary/aromatic N) is 2. The molecule has 1 aromatic carbocycles. The zero-order valence-electron chi connectivity index (χ0n) is 14.2. The SMILES string of the molecule is CC(c1ccccc1)N1CCC(N/C(Cl)=C(\C=N)[N+](=O)[O-])CC1C(F)F. The van der Waals surface area contributed by atoms with Crippen molar-refractivity contribution in [3.05, 3.63) is 56.9 Å². The van der Waals surface area contributed by atoms with E-state index in [2.05, 4.69) is 5.32 Å². The lowest BCUT2D eigenvalue weighted by atomic mass is 9.94. The third-order valence-corrected chi connectivity index (χ3v) is 4.95. The fourth-order valence-corrected chi connectivity index (χ4v) is 3.53. The minimum Gasteiger partial charge on any atom is -0.367 e. The van der Waals surface area contributed by atoms with E-state index in [0.29, 0.717) is 19.2 Å². The molecule has 1 heterocycles. The molecule has 1 aromatic rings. The Morgan fingerprint density at radius 3 is 2.65 bits per heavy atom. The summed E-state index contributed by atoms with van der Waals surface area (Å²) in [5.74, 6) is 0. The van der Waals surface area contributed by atoms with Crippen LogP contribution in [0.2, 0.25) is 0 Å². The van der Waals surface area contributed by atoms with Crippen molar-refractivity contribution in [1.29, 1.82) is 5.41 Å². The first-order valence-electron chi connectivity index (χ1n) is 8.25. The van der Waals surface area contributed by atoms with Gasteiger partial charge in [-0.25, -0.2) is 8.78 Å². The molecule has 26 heavy (non-hydrogen) atoms. The Morgan fingerprint density at radius 1 is 1.46 bits per heavy atom. The lowest BCUT2D eigenvalue weighted by molar-refractivity contribution is -0.415. The number of nitro groups is 1. The van der Waals surface area contributed by atoms with Gasteiger partial charge in [0.25, 0.3) is 6.43 Å². The molecule has 2 N–H and O–H groups in total. The van der Waals surface area contributed by atoms with Crippen LogP contribution in [-0.2, 0) is 0 Å². The van der Waals surface area contributed by atoms with Crippen molar-refractivity contribution >= 4 is 17.8 Å². The van der Waals surface area contributed by atoms with E-state index in [1.807, 2.05) is 37.3 Å². The Labute approximate surface area is 155 Å². The van der Waals surface area contributed by atoms with Gasteiger partial charge in [0, 0.05) is 18.6 Å². The van der Waals surface area contributed by atoms with E-state index in [0.717, 1.165) is 5.56 Å². The molecule has 9 heteroatoms. The fraction of sp³-hybridized carbons (Fsp3) is 0.471. The summed E-state index contributed by atoms with van der Waals surface area (Å²) in [5, 5.41) is 20.3. The van der Waals surface area contributed by atoms with Gasteiger partial charge < -0.3 is 10.7 Å². The van der Waals surface area contributed by atoms with Crippen LogP contribution in [0.1, 0.15) is 31.4 Å². The smallest absolute Gasteiger partial charge is 0.321 e. The number of likely N-dealkylation sites (tertiary alicyclic amines) is 1. The topological polar surface area (TPSA) is 82.3 Å². The Bertz CT molecular complexity index is 672.